The standard InChI is InChI=1S/C2H2O4.3H3N.3O.V/c3-1(4)2(5)6;;;;;;;/h(H,3,4)(H,5,6);3*1H3;;;;/q;;;;;;-1;/p+1. The molecular weight excluding hydrogens is 229 g/mol. The summed E-state index contributed by atoms with van der Waals surface area (Å²) in [7, 11) is 0. The second kappa shape index (κ2) is 17.2. The number of quaternary nitrogens is 3. The second-order valence-corrected chi connectivity index (χ2v) is 1.50. The van der Waals surface area contributed by atoms with Gasteiger partial charge in [-0.2, -0.15) is 0 Å². The normalized spacial score (nSPS) is 5.31. The van der Waals surface area contributed by atoms with E-state index in [1.54, 1.807) is 0 Å². The molecule has 82 valence electrons. The minimum atomic E-state index is -3.94. The Morgan fingerprint density at radius 2 is 0.923 bits per heavy atom. The van der Waals surface area contributed by atoms with Crippen molar-refractivity contribution in [3.05, 3.63) is 0 Å². The summed E-state index contributed by atoms with van der Waals surface area (Å²) in [5.41, 5.74) is 0. The molecule has 0 atom stereocenters. The van der Waals surface area contributed by atoms with Crippen molar-refractivity contribution in [3.8, 4) is 0 Å². The molecule has 0 spiro atoms. The number of hydrogen-bond donors (Lipinski definition) is 3. The number of rotatable bonds is 0. The number of carbonyl (C=O) groups excluding carboxylic acids is 2. The van der Waals surface area contributed by atoms with E-state index in [-0.39, 0.29) is 18.5 Å². The summed E-state index contributed by atoms with van der Waals surface area (Å²) in [6.07, 6.45) is 0. The van der Waals surface area contributed by atoms with Crippen LogP contribution < -0.4 is 32.7 Å². The van der Waals surface area contributed by atoms with Gasteiger partial charge in [0.1, 0.15) is 0 Å². The SMILES string of the molecule is O=C([O-])C(=O)[O-].[NH4+].[NH4+].[NH4+].[O]=[V](=[O])[O-]. The summed E-state index contributed by atoms with van der Waals surface area (Å²) in [5, 5.41) is 17.9. The molecule has 0 saturated heterocycles. The summed E-state index contributed by atoms with van der Waals surface area (Å²) in [4.78, 5) is 17.9. The molecule has 0 fully saturated rings. The van der Waals surface area contributed by atoms with E-state index < -0.39 is 27.3 Å². The van der Waals surface area contributed by atoms with Crippen LogP contribution in [0.3, 0.4) is 0 Å². The molecule has 0 rings (SSSR count). The van der Waals surface area contributed by atoms with Crippen LogP contribution >= 0.6 is 0 Å². The average Bonchev–Trinajstić information content (AvgIpc) is 1.63. The fourth-order valence-corrected chi connectivity index (χ4v) is 0. The molecule has 0 bridgehead atoms. The maximum atomic E-state index is 8.93. The van der Waals surface area contributed by atoms with Crippen LogP contribution in [0.2, 0.25) is 0 Å². The topological polar surface area (TPSA) is 247 Å². The van der Waals surface area contributed by atoms with Gasteiger partial charge in [-0.25, -0.2) is 0 Å². The Bertz CT molecular complexity index is 180. The molecule has 0 aliphatic heterocycles. The van der Waals surface area contributed by atoms with E-state index in [1.165, 1.54) is 0 Å². The second-order valence-electron chi connectivity index (χ2n) is 0.799. The first-order valence-corrected chi connectivity index (χ1v) is 3.32. The van der Waals surface area contributed by atoms with Gasteiger partial charge in [0.25, 0.3) is 0 Å². The monoisotopic (exact) mass is 241 g/mol. The van der Waals surface area contributed by atoms with E-state index >= 15 is 0 Å². The average molecular weight is 241 g/mol. The zero-order valence-electron chi connectivity index (χ0n) is 7.30. The Morgan fingerprint density at radius 3 is 0.923 bits per heavy atom. The zero-order valence-corrected chi connectivity index (χ0v) is 8.70. The molecule has 0 saturated carbocycles. The molecule has 10 nitrogen and oxygen atoms in total. The van der Waals surface area contributed by atoms with Gasteiger partial charge in [-0.1, -0.05) is 0 Å². The van der Waals surface area contributed by atoms with E-state index in [1.807, 2.05) is 0 Å². The third kappa shape index (κ3) is 100. The summed E-state index contributed by atoms with van der Waals surface area (Å²) in [6.45, 7) is 0. The number of carbonyl (C=O) groups is 2. The number of aliphatic carboxylic acids is 2. The quantitative estimate of drug-likeness (QED) is 0.355. The number of carboxylic acids is 2. The van der Waals surface area contributed by atoms with E-state index in [0.29, 0.717) is 0 Å². The maximum absolute atomic E-state index is 8.93. The van der Waals surface area contributed by atoms with Gasteiger partial charge in [0.15, 0.2) is 0 Å². The predicted molar refractivity (Wildman–Crippen MR) is 29.3 cm³/mol. The third-order valence-electron chi connectivity index (χ3n) is 0.167. The molecule has 0 aliphatic carbocycles. The van der Waals surface area contributed by atoms with Crippen molar-refractivity contribution in [1.82, 2.24) is 18.5 Å². The van der Waals surface area contributed by atoms with Gasteiger partial charge in [0.05, 0.1) is 11.9 Å². The first kappa shape index (κ1) is 29.7. The minimum absolute atomic E-state index is 0. The molecule has 0 aromatic carbocycles. The Hall–Kier alpha value is -1.04. The first-order valence-electron chi connectivity index (χ1n) is 1.61. The van der Waals surface area contributed by atoms with E-state index in [2.05, 4.69) is 0 Å². The predicted octanol–water partition coefficient (Wildman–Crippen LogP) is -3.81. The van der Waals surface area contributed by atoms with Crippen molar-refractivity contribution in [2.24, 2.45) is 0 Å². The van der Waals surface area contributed by atoms with Gasteiger partial charge < -0.3 is 38.3 Å². The summed E-state index contributed by atoms with van der Waals surface area (Å²) in [6, 6.07) is 0. The van der Waals surface area contributed by atoms with Crippen LogP contribution in [0, 0.1) is 0 Å². The van der Waals surface area contributed by atoms with Crippen LogP contribution in [0.15, 0.2) is 0 Å². The Labute approximate surface area is 77.7 Å². The molecule has 0 radical (unpaired) electrons. The van der Waals surface area contributed by atoms with Crippen LogP contribution in [-0.2, 0) is 32.3 Å². The molecule has 0 unspecified atom stereocenters. The number of carboxylic acid groups (broad SMARTS) is 2. The fraction of sp³-hybridized carbons (Fsp3) is 0. The van der Waals surface area contributed by atoms with Gasteiger partial charge in [0.2, 0.25) is 0 Å². The molecule has 0 heterocycles. The molecule has 0 aromatic rings. The third-order valence-corrected chi connectivity index (χ3v) is 0.167. The van der Waals surface area contributed by atoms with Crippen LogP contribution in [0.5, 0.6) is 0 Å². The van der Waals surface area contributed by atoms with E-state index in [0.717, 1.165) is 0 Å². The summed E-state index contributed by atoms with van der Waals surface area (Å²) >= 11 is -3.94. The zero-order chi connectivity index (χ0) is 8.73. The molecule has 0 aliphatic rings. The number of hydrogen-bond acceptors (Lipinski definition) is 7. The van der Waals surface area contributed by atoms with Crippen LogP contribution in [0.1, 0.15) is 0 Å². The van der Waals surface area contributed by atoms with Crippen molar-refractivity contribution < 1.29 is 46.6 Å². The Morgan fingerprint density at radius 1 is 0.846 bits per heavy atom. The van der Waals surface area contributed by atoms with Gasteiger partial charge >= 0.3 is 26.8 Å². The van der Waals surface area contributed by atoms with Crippen molar-refractivity contribution in [1.29, 1.82) is 0 Å². The molecular formula is C2H12N3O7V. The van der Waals surface area contributed by atoms with Gasteiger partial charge in [0, 0.05) is 0 Å². The van der Waals surface area contributed by atoms with Gasteiger partial charge in [-0.05, 0) is 0 Å². The van der Waals surface area contributed by atoms with E-state index in [9.17, 15) is 0 Å². The fourth-order valence-electron chi connectivity index (χ4n) is 0. The van der Waals surface area contributed by atoms with Crippen molar-refractivity contribution >= 4 is 11.9 Å². The van der Waals surface area contributed by atoms with Gasteiger partial charge in [-0.15, -0.1) is 0 Å². The van der Waals surface area contributed by atoms with Crippen molar-refractivity contribution in [2.75, 3.05) is 0 Å². The van der Waals surface area contributed by atoms with Crippen molar-refractivity contribution in [2.45, 2.75) is 0 Å². The molecule has 11 heteroatoms. The van der Waals surface area contributed by atoms with Gasteiger partial charge in [-0.3, -0.25) is 0 Å². The Balaban J connectivity index is -0.0000000279. The van der Waals surface area contributed by atoms with Crippen molar-refractivity contribution in [3.63, 3.8) is 0 Å². The summed E-state index contributed by atoms with van der Waals surface area (Å²) in [5.74, 6) is -4.37. The van der Waals surface area contributed by atoms with Crippen LogP contribution in [-0.4, -0.2) is 11.9 Å². The summed E-state index contributed by atoms with van der Waals surface area (Å²) < 4.78 is 25.7. The van der Waals surface area contributed by atoms with E-state index in [4.69, 9.17) is 31.2 Å². The molecule has 0 aromatic heterocycles. The van der Waals surface area contributed by atoms with Crippen LogP contribution in [0.25, 0.3) is 0 Å². The molecule has 13 heavy (non-hydrogen) atoms. The first-order chi connectivity index (χ1) is 4.37. The molecule has 12 N–H and O–H groups in total. The Kier molecular flexibility index (Phi) is 39.1. The molecule has 0 amide bonds. The van der Waals surface area contributed by atoms with Crippen LogP contribution in [0.4, 0.5) is 0 Å².